The van der Waals surface area contributed by atoms with Crippen molar-refractivity contribution in [1.29, 1.82) is 0 Å². The second-order valence-corrected chi connectivity index (χ2v) is 2.20. The average molecular weight is 170 g/mol. The van der Waals surface area contributed by atoms with Gasteiger partial charge in [0, 0.05) is 13.5 Å². The van der Waals surface area contributed by atoms with Crippen molar-refractivity contribution >= 4 is 11.9 Å². The lowest BCUT2D eigenvalue weighted by molar-refractivity contribution is -0.118. The number of guanidine groups is 1. The first-order valence-corrected chi connectivity index (χ1v) is 3.60. The van der Waals surface area contributed by atoms with Crippen molar-refractivity contribution in [3.8, 4) is 0 Å². The van der Waals surface area contributed by atoms with Crippen LogP contribution in [0.1, 0.15) is 13.3 Å². The minimum Gasteiger partial charge on any atom is -0.370 e. The molecule has 68 valence electrons. The predicted molar refractivity (Wildman–Crippen MR) is 48.3 cm³/mol. The molecule has 5 heteroatoms. The maximum absolute atomic E-state index is 10.4. The maximum atomic E-state index is 10.4. The number of amides is 1. The summed E-state index contributed by atoms with van der Waals surface area (Å²) in [6.07, 6.45) is 4.07. The molecule has 12 heavy (non-hydrogen) atoms. The van der Waals surface area contributed by atoms with E-state index < -0.39 is 0 Å². The van der Waals surface area contributed by atoms with Gasteiger partial charge in [-0.1, -0.05) is 6.08 Å². The smallest absolute Gasteiger partial charge is 0.220 e. The quantitative estimate of drug-likeness (QED) is 0.296. The van der Waals surface area contributed by atoms with Gasteiger partial charge < -0.3 is 16.8 Å². The third kappa shape index (κ3) is 8.48. The minimum absolute atomic E-state index is 0.0860. The van der Waals surface area contributed by atoms with Crippen LogP contribution in [0.3, 0.4) is 0 Å². The van der Waals surface area contributed by atoms with Crippen LogP contribution in [-0.4, -0.2) is 18.4 Å². The van der Waals surface area contributed by atoms with Gasteiger partial charge in [0.25, 0.3) is 0 Å². The van der Waals surface area contributed by atoms with E-state index in [-0.39, 0.29) is 11.9 Å². The fourth-order valence-corrected chi connectivity index (χ4v) is 0.528. The molecule has 0 radical (unpaired) electrons. The van der Waals surface area contributed by atoms with E-state index in [0.717, 1.165) is 0 Å². The van der Waals surface area contributed by atoms with Crippen LogP contribution in [0.2, 0.25) is 0 Å². The van der Waals surface area contributed by atoms with Crippen LogP contribution >= 0.6 is 0 Å². The Labute approximate surface area is 71.5 Å². The molecule has 0 saturated carbocycles. The Hall–Kier alpha value is -1.52. The maximum Gasteiger partial charge on any atom is 0.220 e. The number of aliphatic imine (C=N–C) groups is 1. The Morgan fingerprint density at radius 3 is 2.75 bits per heavy atom. The van der Waals surface area contributed by atoms with Crippen molar-refractivity contribution in [2.75, 3.05) is 6.54 Å². The Morgan fingerprint density at radius 1 is 1.58 bits per heavy atom. The van der Waals surface area contributed by atoms with E-state index in [1.807, 2.05) is 0 Å². The zero-order valence-corrected chi connectivity index (χ0v) is 7.08. The first-order valence-electron chi connectivity index (χ1n) is 3.60. The molecule has 0 aliphatic rings. The van der Waals surface area contributed by atoms with Crippen molar-refractivity contribution in [3.63, 3.8) is 0 Å². The summed E-state index contributed by atoms with van der Waals surface area (Å²) in [5.41, 5.74) is 10.2. The molecule has 0 rings (SSSR count). The number of rotatable bonds is 4. The number of carbonyl (C=O) groups excluding carboxylic acids is 1. The van der Waals surface area contributed by atoms with E-state index in [0.29, 0.717) is 13.0 Å². The van der Waals surface area contributed by atoms with Gasteiger partial charge >= 0.3 is 0 Å². The van der Waals surface area contributed by atoms with Crippen LogP contribution in [-0.2, 0) is 4.79 Å². The zero-order valence-electron chi connectivity index (χ0n) is 7.08. The topological polar surface area (TPSA) is 93.5 Å². The summed E-state index contributed by atoms with van der Waals surface area (Å²) >= 11 is 0. The summed E-state index contributed by atoms with van der Waals surface area (Å²) in [5, 5.41) is 2.50. The molecule has 0 aliphatic heterocycles. The summed E-state index contributed by atoms with van der Waals surface area (Å²) < 4.78 is 0. The summed E-state index contributed by atoms with van der Waals surface area (Å²) in [7, 11) is 0. The van der Waals surface area contributed by atoms with Gasteiger partial charge in [-0.15, -0.1) is 0 Å². The van der Waals surface area contributed by atoms with Gasteiger partial charge in [0.2, 0.25) is 5.91 Å². The van der Waals surface area contributed by atoms with Gasteiger partial charge in [-0.3, -0.25) is 9.79 Å². The second-order valence-electron chi connectivity index (χ2n) is 2.20. The first kappa shape index (κ1) is 10.5. The fourth-order valence-electron chi connectivity index (χ4n) is 0.528. The monoisotopic (exact) mass is 170 g/mol. The van der Waals surface area contributed by atoms with Gasteiger partial charge in [-0.2, -0.15) is 0 Å². The molecule has 0 fully saturated rings. The predicted octanol–water partition coefficient (Wildman–Crippen LogP) is -0.700. The first-order chi connectivity index (χ1) is 5.63. The molecule has 0 saturated heterocycles. The van der Waals surface area contributed by atoms with Crippen LogP contribution in [0.5, 0.6) is 0 Å². The molecule has 0 aliphatic carbocycles. The molecular weight excluding hydrogens is 156 g/mol. The van der Waals surface area contributed by atoms with Crippen LogP contribution in [0.25, 0.3) is 0 Å². The third-order valence-electron chi connectivity index (χ3n) is 0.995. The van der Waals surface area contributed by atoms with E-state index in [1.165, 1.54) is 6.92 Å². The standard InChI is InChI=1S/C7H14N4O/c1-6(12)10-4-2-3-5-11-7(8)9/h2,4H,3,5H2,1H3,(H,10,12)(H4,8,9,11)/b4-2+. The second kappa shape index (κ2) is 6.21. The number of nitrogens with zero attached hydrogens (tertiary/aromatic N) is 1. The summed E-state index contributed by atoms with van der Waals surface area (Å²) in [5.74, 6) is -0.00369. The van der Waals surface area contributed by atoms with Crippen LogP contribution in [0.15, 0.2) is 17.3 Å². The normalized spacial score (nSPS) is 9.75. The average Bonchev–Trinajstić information content (AvgIpc) is 1.95. The van der Waals surface area contributed by atoms with Crippen molar-refractivity contribution in [3.05, 3.63) is 12.3 Å². The molecule has 0 aromatic carbocycles. The lowest BCUT2D eigenvalue weighted by atomic mass is 10.4. The van der Waals surface area contributed by atoms with E-state index in [2.05, 4.69) is 10.3 Å². The third-order valence-corrected chi connectivity index (χ3v) is 0.995. The van der Waals surface area contributed by atoms with E-state index in [1.54, 1.807) is 12.3 Å². The highest BCUT2D eigenvalue weighted by atomic mass is 16.1. The van der Waals surface area contributed by atoms with Gasteiger partial charge in [0.05, 0.1) is 0 Å². The van der Waals surface area contributed by atoms with Gasteiger partial charge in [0.1, 0.15) is 0 Å². The van der Waals surface area contributed by atoms with Gasteiger partial charge in [0.15, 0.2) is 5.96 Å². The van der Waals surface area contributed by atoms with Crippen LogP contribution in [0, 0.1) is 0 Å². The lowest BCUT2D eigenvalue weighted by Crippen LogP contribution is -2.22. The minimum atomic E-state index is -0.0897. The molecular formula is C7H14N4O. The Balaban J connectivity index is 3.37. The number of nitrogens with one attached hydrogen (secondary N) is 1. The molecule has 0 unspecified atom stereocenters. The van der Waals surface area contributed by atoms with E-state index >= 15 is 0 Å². The van der Waals surface area contributed by atoms with E-state index in [9.17, 15) is 4.79 Å². The molecule has 0 aromatic heterocycles. The largest absolute Gasteiger partial charge is 0.370 e. The zero-order chi connectivity index (χ0) is 9.40. The lowest BCUT2D eigenvalue weighted by Gasteiger charge is -1.91. The molecule has 5 nitrogen and oxygen atoms in total. The SMILES string of the molecule is CC(=O)N/C=C/CCN=C(N)N. The Morgan fingerprint density at radius 2 is 2.25 bits per heavy atom. The Kier molecular flexibility index (Phi) is 5.42. The van der Waals surface area contributed by atoms with Crippen molar-refractivity contribution in [2.45, 2.75) is 13.3 Å². The van der Waals surface area contributed by atoms with Crippen LogP contribution < -0.4 is 16.8 Å². The highest BCUT2D eigenvalue weighted by Crippen LogP contribution is 1.81. The number of carbonyl (C=O) groups is 1. The van der Waals surface area contributed by atoms with Gasteiger partial charge in [-0.25, -0.2) is 0 Å². The Bertz CT molecular complexity index is 194. The molecule has 0 bridgehead atoms. The van der Waals surface area contributed by atoms with Gasteiger partial charge in [-0.05, 0) is 12.6 Å². The molecule has 0 aromatic rings. The number of hydrogen-bond acceptors (Lipinski definition) is 2. The summed E-state index contributed by atoms with van der Waals surface area (Å²) in [6, 6.07) is 0. The van der Waals surface area contributed by atoms with Crippen LogP contribution in [0.4, 0.5) is 0 Å². The molecule has 0 spiro atoms. The molecule has 0 atom stereocenters. The molecule has 1 amide bonds. The molecule has 5 N–H and O–H groups in total. The van der Waals surface area contributed by atoms with Crippen molar-refractivity contribution < 1.29 is 4.79 Å². The highest BCUT2D eigenvalue weighted by molar-refractivity contribution is 5.75. The van der Waals surface area contributed by atoms with Crippen molar-refractivity contribution in [1.82, 2.24) is 5.32 Å². The molecule has 0 heterocycles. The fraction of sp³-hybridized carbons (Fsp3) is 0.429. The summed E-state index contributed by atoms with van der Waals surface area (Å²) in [6.45, 7) is 1.98. The number of hydrogen-bond donors (Lipinski definition) is 3. The highest BCUT2D eigenvalue weighted by Gasteiger charge is 1.82. The van der Waals surface area contributed by atoms with Crippen molar-refractivity contribution in [2.24, 2.45) is 16.5 Å². The summed E-state index contributed by atoms with van der Waals surface area (Å²) in [4.78, 5) is 14.1. The van der Waals surface area contributed by atoms with E-state index in [4.69, 9.17) is 11.5 Å². The number of nitrogens with two attached hydrogens (primary N) is 2.